The van der Waals surface area contributed by atoms with Crippen LogP contribution in [0.5, 0.6) is 5.75 Å². The SMILES string of the molecule is CC1CC2=CCC(COc3cc(F)c(C(=O)N4CC(C)C(F)C4)cc3C3CC3)(C2)C1. The number of alkyl halides is 1. The lowest BCUT2D eigenvalue weighted by Crippen LogP contribution is -2.31. The summed E-state index contributed by atoms with van der Waals surface area (Å²) in [5.74, 6) is 0.415. The maximum Gasteiger partial charge on any atom is 0.256 e. The van der Waals surface area contributed by atoms with Gasteiger partial charge in [-0.15, -0.1) is 0 Å². The fourth-order valence-electron chi connectivity index (χ4n) is 5.79. The zero-order valence-corrected chi connectivity index (χ0v) is 17.9. The average molecular weight is 416 g/mol. The maximum absolute atomic E-state index is 15.0. The number of likely N-dealkylation sites (tertiary alicyclic amines) is 1. The standard InChI is InChI=1S/C25H31F2NO2/c1-15-7-17-5-6-25(10-15,11-17)14-30-23-9-21(26)20(8-19(23)18-3-4-18)24(29)28-12-16(2)22(27)13-28/h5,8-9,15-16,18,22H,3-4,6-7,10-14H2,1-2H3. The van der Waals surface area contributed by atoms with Gasteiger partial charge in [0, 0.05) is 23.9 Å². The van der Waals surface area contributed by atoms with Crippen molar-refractivity contribution < 1.29 is 18.3 Å². The first-order valence-corrected chi connectivity index (χ1v) is 11.4. The zero-order chi connectivity index (χ0) is 21.0. The van der Waals surface area contributed by atoms with Gasteiger partial charge in [0.25, 0.3) is 5.91 Å². The number of allylic oxidation sites excluding steroid dienone is 2. The van der Waals surface area contributed by atoms with Crippen LogP contribution in [0.15, 0.2) is 23.8 Å². The summed E-state index contributed by atoms with van der Waals surface area (Å²) in [4.78, 5) is 14.3. The van der Waals surface area contributed by atoms with Crippen LogP contribution in [0.25, 0.3) is 0 Å². The Hall–Kier alpha value is -1.91. The van der Waals surface area contributed by atoms with Crippen LogP contribution in [-0.4, -0.2) is 36.7 Å². The van der Waals surface area contributed by atoms with Gasteiger partial charge in [-0.25, -0.2) is 8.78 Å². The highest BCUT2D eigenvalue weighted by Gasteiger charge is 2.41. The molecule has 2 saturated carbocycles. The minimum absolute atomic E-state index is 0.0481. The van der Waals surface area contributed by atoms with Crippen molar-refractivity contribution >= 4 is 5.91 Å². The molecule has 4 atom stereocenters. The minimum atomic E-state index is -1.04. The largest absolute Gasteiger partial charge is 0.493 e. The van der Waals surface area contributed by atoms with Crippen LogP contribution in [0.3, 0.4) is 0 Å². The Morgan fingerprint density at radius 3 is 2.77 bits per heavy atom. The molecule has 3 nitrogen and oxygen atoms in total. The van der Waals surface area contributed by atoms with Crippen LogP contribution in [0.4, 0.5) is 8.78 Å². The van der Waals surface area contributed by atoms with Gasteiger partial charge in [-0.2, -0.15) is 0 Å². The number of nitrogens with zero attached hydrogens (tertiary/aromatic N) is 1. The van der Waals surface area contributed by atoms with Gasteiger partial charge in [-0.3, -0.25) is 4.79 Å². The Labute approximate surface area is 177 Å². The van der Waals surface area contributed by atoms with Gasteiger partial charge >= 0.3 is 0 Å². The van der Waals surface area contributed by atoms with Gasteiger partial charge in [-0.05, 0) is 62.0 Å². The molecule has 1 aromatic carbocycles. The van der Waals surface area contributed by atoms with E-state index in [4.69, 9.17) is 4.74 Å². The molecule has 1 aromatic rings. The first-order valence-electron chi connectivity index (χ1n) is 11.4. The molecule has 0 N–H and O–H groups in total. The molecular weight excluding hydrogens is 384 g/mol. The molecule has 4 aliphatic rings. The molecule has 1 aliphatic heterocycles. The number of fused-ring (bicyclic) bond motifs is 2. The number of carbonyl (C=O) groups is 1. The highest BCUT2D eigenvalue weighted by Crippen LogP contribution is 2.51. The second-order valence-corrected chi connectivity index (χ2v) is 10.4. The lowest BCUT2D eigenvalue weighted by molar-refractivity contribution is 0.0775. The van der Waals surface area contributed by atoms with E-state index in [2.05, 4.69) is 13.0 Å². The molecule has 162 valence electrons. The topological polar surface area (TPSA) is 29.5 Å². The van der Waals surface area contributed by atoms with Crippen molar-refractivity contribution in [3.8, 4) is 5.75 Å². The third kappa shape index (κ3) is 3.65. The van der Waals surface area contributed by atoms with Crippen molar-refractivity contribution in [2.75, 3.05) is 19.7 Å². The predicted molar refractivity (Wildman–Crippen MR) is 112 cm³/mol. The number of benzene rings is 1. The van der Waals surface area contributed by atoms with Crippen LogP contribution >= 0.6 is 0 Å². The summed E-state index contributed by atoms with van der Waals surface area (Å²) in [5.41, 5.74) is 2.67. The average Bonchev–Trinajstić information content (AvgIpc) is 3.42. The van der Waals surface area contributed by atoms with Crippen LogP contribution in [0.1, 0.15) is 74.2 Å². The second-order valence-electron chi connectivity index (χ2n) is 10.4. The van der Waals surface area contributed by atoms with E-state index in [0.29, 0.717) is 30.7 Å². The van der Waals surface area contributed by atoms with Crippen LogP contribution in [0, 0.1) is 23.1 Å². The van der Waals surface area contributed by atoms with Gasteiger partial charge in [0.2, 0.25) is 0 Å². The molecule has 5 heteroatoms. The van der Waals surface area contributed by atoms with Crippen LogP contribution in [-0.2, 0) is 0 Å². The van der Waals surface area contributed by atoms with Crippen molar-refractivity contribution in [2.45, 2.75) is 64.5 Å². The summed E-state index contributed by atoms with van der Waals surface area (Å²) in [6, 6.07) is 3.08. The van der Waals surface area contributed by atoms with Gasteiger partial charge in [0.05, 0.1) is 18.7 Å². The lowest BCUT2D eigenvalue weighted by Gasteiger charge is -2.36. The Bertz CT molecular complexity index is 883. The van der Waals surface area contributed by atoms with E-state index in [1.54, 1.807) is 13.0 Å². The van der Waals surface area contributed by atoms with E-state index < -0.39 is 17.9 Å². The maximum atomic E-state index is 15.0. The molecule has 0 aromatic heterocycles. The van der Waals surface area contributed by atoms with Gasteiger partial charge in [-0.1, -0.05) is 25.5 Å². The molecule has 3 aliphatic carbocycles. The summed E-state index contributed by atoms with van der Waals surface area (Å²) < 4.78 is 35.1. The Morgan fingerprint density at radius 2 is 2.07 bits per heavy atom. The number of hydrogen-bond acceptors (Lipinski definition) is 2. The van der Waals surface area contributed by atoms with E-state index in [9.17, 15) is 13.6 Å². The zero-order valence-electron chi connectivity index (χ0n) is 17.9. The van der Waals surface area contributed by atoms with Crippen molar-refractivity contribution in [3.63, 3.8) is 0 Å². The highest BCUT2D eigenvalue weighted by atomic mass is 19.1. The normalized spacial score (nSPS) is 33.0. The smallest absolute Gasteiger partial charge is 0.256 e. The molecule has 2 bridgehead atoms. The van der Waals surface area contributed by atoms with E-state index >= 15 is 0 Å². The van der Waals surface area contributed by atoms with Gasteiger partial charge in [0.15, 0.2) is 0 Å². The molecular formula is C25H31F2NO2. The molecule has 4 unspecified atom stereocenters. The summed E-state index contributed by atoms with van der Waals surface area (Å²) >= 11 is 0. The number of amides is 1. The minimum Gasteiger partial charge on any atom is -0.493 e. The Morgan fingerprint density at radius 1 is 1.27 bits per heavy atom. The molecule has 0 radical (unpaired) electrons. The number of halogens is 2. The third-order valence-electron chi connectivity index (χ3n) is 7.51. The first kappa shape index (κ1) is 20.0. The van der Waals surface area contributed by atoms with Crippen LogP contribution in [0.2, 0.25) is 0 Å². The van der Waals surface area contributed by atoms with Crippen LogP contribution < -0.4 is 4.74 Å². The summed E-state index contributed by atoms with van der Waals surface area (Å²) in [7, 11) is 0. The van der Waals surface area contributed by atoms with E-state index in [-0.39, 0.29) is 23.4 Å². The lowest BCUT2D eigenvalue weighted by atomic mass is 9.72. The molecule has 1 saturated heterocycles. The fourth-order valence-corrected chi connectivity index (χ4v) is 5.79. The summed E-state index contributed by atoms with van der Waals surface area (Å²) in [6.07, 6.45) is 7.87. The summed E-state index contributed by atoms with van der Waals surface area (Å²) in [5, 5.41) is 0. The molecule has 0 spiro atoms. The van der Waals surface area contributed by atoms with Crippen molar-refractivity contribution in [2.24, 2.45) is 17.3 Å². The fraction of sp³-hybridized carbons (Fsp3) is 0.640. The van der Waals surface area contributed by atoms with E-state index in [1.165, 1.54) is 23.0 Å². The molecule has 1 amide bonds. The van der Waals surface area contributed by atoms with Crippen molar-refractivity contribution in [3.05, 3.63) is 40.7 Å². The predicted octanol–water partition coefficient (Wildman–Crippen LogP) is 5.65. The van der Waals surface area contributed by atoms with Crippen molar-refractivity contribution in [1.29, 1.82) is 0 Å². The molecule has 5 rings (SSSR count). The Kier molecular flexibility index (Phi) is 4.90. The number of rotatable bonds is 5. The van der Waals surface area contributed by atoms with Gasteiger partial charge in [0.1, 0.15) is 17.7 Å². The summed E-state index contributed by atoms with van der Waals surface area (Å²) in [6.45, 7) is 5.07. The van der Waals surface area contributed by atoms with Crippen molar-refractivity contribution in [1.82, 2.24) is 4.90 Å². The third-order valence-corrected chi connectivity index (χ3v) is 7.51. The number of carbonyl (C=O) groups excluding carboxylic acids is 1. The molecule has 3 fully saturated rings. The second kappa shape index (κ2) is 7.35. The quantitative estimate of drug-likeness (QED) is 0.582. The van der Waals surface area contributed by atoms with E-state index in [0.717, 1.165) is 37.7 Å². The highest BCUT2D eigenvalue weighted by molar-refractivity contribution is 5.95. The van der Waals surface area contributed by atoms with Gasteiger partial charge < -0.3 is 9.64 Å². The number of hydrogen-bond donors (Lipinski definition) is 0. The first-order chi connectivity index (χ1) is 14.3. The molecule has 1 heterocycles. The molecule has 30 heavy (non-hydrogen) atoms. The van der Waals surface area contributed by atoms with E-state index in [1.807, 2.05) is 0 Å². The monoisotopic (exact) mass is 415 g/mol. The number of ether oxygens (including phenoxy) is 1. The Balaban J connectivity index is 1.36.